The Balaban J connectivity index is 2.21. The minimum atomic E-state index is -0.652. The number of nitrogens with one attached hydrogen (secondary N) is 1. The summed E-state index contributed by atoms with van der Waals surface area (Å²) in [6.45, 7) is 0. The van der Waals surface area contributed by atoms with Crippen LogP contribution in [-0.2, 0) is 0 Å². The van der Waals surface area contributed by atoms with Gasteiger partial charge < -0.3 is 4.42 Å². The molecule has 0 radical (unpaired) electrons. The number of fused-ring (bicyclic) bond motifs is 1. The Hall–Kier alpha value is -2.43. The number of aromatic nitrogens is 1. The van der Waals surface area contributed by atoms with Crippen molar-refractivity contribution in [3.8, 4) is 11.1 Å². The van der Waals surface area contributed by atoms with Crippen LogP contribution in [0, 0.1) is 11.6 Å². The number of aromatic amines is 1. The van der Waals surface area contributed by atoms with E-state index in [4.69, 9.17) is 4.42 Å². The maximum absolute atomic E-state index is 13.1. The number of hydrogen-bond donors (Lipinski definition) is 1. The van der Waals surface area contributed by atoms with Crippen molar-refractivity contribution in [2.75, 3.05) is 0 Å². The van der Waals surface area contributed by atoms with Gasteiger partial charge in [-0.25, -0.2) is 13.6 Å². The first-order chi connectivity index (χ1) is 8.61. The van der Waals surface area contributed by atoms with Gasteiger partial charge in [-0.15, -0.1) is 0 Å². The summed E-state index contributed by atoms with van der Waals surface area (Å²) in [5.74, 6) is -1.87. The van der Waals surface area contributed by atoms with Gasteiger partial charge in [0.1, 0.15) is 11.6 Å². The molecule has 0 aliphatic rings. The monoisotopic (exact) mass is 247 g/mol. The van der Waals surface area contributed by atoms with E-state index in [-0.39, 0.29) is 0 Å². The fourth-order valence-corrected chi connectivity index (χ4v) is 1.85. The summed E-state index contributed by atoms with van der Waals surface area (Å²) in [6, 6.07) is 8.07. The third kappa shape index (κ3) is 1.79. The largest absolute Gasteiger partial charge is 0.417 e. The van der Waals surface area contributed by atoms with Crippen molar-refractivity contribution in [1.82, 2.24) is 4.98 Å². The molecule has 3 nitrogen and oxygen atoms in total. The van der Waals surface area contributed by atoms with E-state index < -0.39 is 17.4 Å². The summed E-state index contributed by atoms with van der Waals surface area (Å²) < 4.78 is 31.1. The van der Waals surface area contributed by atoms with Crippen LogP contribution in [0.5, 0.6) is 0 Å². The molecule has 0 saturated carbocycles. The first-order valence-electron chi connectivity index (χ1n) is 5.21. The first kappa shape index (κ1) is 10.7. The van der Waals surface area contributed by atoms with E-state index in [1.807, 2.05) is 0 Å². The van der Waals surface area contributed by atoms with Gasteiger partial charge in [0.05, 0.1) is 5.52 Å². The lowest BCUT2D eigenvalue weighted by atomic mass is 10.1. The van der Waals surface area contributed by atoms with Gasteiger partial charge in [-0.2, -0.15) is 0 Å². The van der Waals surface area contributed by atoms with Crippen LogP contribution in [0.1, 0.15) is 0 Å². The molecule has 5 heteroatoms. The number of benzene rings is 2. The van der Waals surface area contributed by atoms with Crippen molar-refractivity contribution in [3.63, 3.8) is 0 Å². The molecule has 1 N–H and O–H groups in total. The fraction of sp³-hybridized carbons (Fsp3) is 0. The Labute approximate surface area is 99.7 Å². The second kappa shape index (κ2) is 3.80. The molecule has 0 unspecified atom stereocenters. The van der Waals surface area contributed by atoms with E-state index in [2.05, 4.69) is 4.98 Å². The molecule has 0 atom stereocenters. The molecule has 0 fully saturated rings. The van der Waals surface area contributed by atoms with Gasteiger partial charge in [-0.05, 0) is 35.4 Å². The van der Waals surface area contributed by atoms with Crippen LogP contribution in [0.25, 0.3) is 22.2 Å². The van der Waals surface area contributed by atoms with E-state index in [9.17, 15) is 13.6 Å². The maximum atomic E-state index is 13.1. The molecule has 2 aromatic carbocycles. The topological polar surface area (TPSA) is 46.0 Å². The lowest BCUT2D eigenvalue weighted by molar-refractivity contribution is 0.555. The van der Waals surface area contributed by atoms with Crippen LogP contribution in [0.15, 0.2) is 45.6 Å². The van der Waals surface area contributed by atoms with Gasteiger partial charge in [0, 0.05) is 6.07 Å². The van der Waals surface area contributed by atoms with Gasteiger partial charge in [-0.3, -0.25) is 4.98 Å². The molecule has 3 rings (SSSR count). The predicted molar refractivity (Wildman–Crippen MR) is 62.2 cm³/mol. The summed E-state index contributed by atoms with van der Waals surface area (Å²) in [5, 5.41) is 0. The van der Waals surface area contributed by atoms with Gasteiger partial charge >= 0.3 is 5.76 Å². The molecule has 0 spiro atoms. The lowest BCUT2D eigenvalue weighted by Gasteiger charge is -2.02. The zero-order valence-corrected chi connectivity index (χ0v) is 9.04. The number of hydrogen-bond acceptors (Lipinski definition) is 2. The Morgan fingerprint density at radius 3 is 2.39 bits per heavy atom. The molecule has 0 aliphatic carbocycles. The van der Waals surface area contributed by atoms with Gasteiger partial charge in [0.25, 0.3) is 0 Å². The minimum Gasteiger partial charge on any atom is -0.408 e. The van der Waals surface area contributed by atoms with Crippen molar-refractivity contribution in [3.05, 3.63) is 58.6 Å². The molecule has 0 bridgehead atoms. The highest BCUT2D eigenvalue weighted by Gasteiger charge is 2.06. The minimum absolute atomic E-state index is 0.349. The summed E-state index contributed by atoms with van der Waals surface area (Å²) >= 11 is 0. The summed E-state index contributed by atoms with van der Waals surface area (Å²) in [5.41, 5.74) is 1.85. The molecule has 0 amide bonds. The van der Waals surface area contributed by atoms with Crippen molar-refractivity contribution in [2.45, 2.75) is 0 Å². The molecule has 1 aromatic heterocycles. The van der Waals surface area contributed by atoms with Crippen molar-refractivity contribution >= 4 is 11.1 Å². The highest BCUT2D eigenvalue weighted by molar-refractivity contribution is 5.79. The second-order valence-electron chi connectivity index (χ2n) is 3.88. The maximum Gasteiger partial charge on any atom is 0.417 e. The van der Waals surface area contributed by atoms with Crippen LogP contribution < -0.4 is 5.76 Å². The lowest BCUT2D eigenvalue weighted by Crippen LogP contribution is -1.92. The third-order valence-corrected chi connectivity index (χ3v) is 2.62. The van der Waals surface area contributed by atoms with Crippen LogP contribution in [0.3, 0.4) is 0 Å². The van der Waals surface area contributed by atoms with E-state index in [1.54, 1.807) is 18.2 Å². The molecule has 3 aromatic rings. The van der Waals surface area contributed by atoms with Crippen molar-refractivity contribution in [2.24, 2.45) is 0 Å². The highest BCUT2D eigenvalue weighted by atomic mass is 19.1. The molecular formula is C13H7F2NO2. The predicted octanol–water partition coefficient (Wildman–Crippen LogP) is 3.07. The number of oxazole rings is 1. The van der Waals surface area contributed by atoms with Crippen molar-refractivity contribution in [1.29, 1.82) is 0 Å². The quantitative estimate of drug-likeness (QED) is 0.718. The summed E-state index contributed by atoms with van der Waals surface area (Å²) in [7, 11) is 0. The average molecular weight is 247 g/mol. The van der Waals surface area contributed by atoms with Gasteiger partial charge in [0.15, 0.2) is 5.58 Å². The smallest absolute Gasteiger partial charge is 0.408 e. The number of halogens is 2. The van der Waals surface area contributed by atoms with Gasteiger partial charge in [0.2, 0.25) is 0 Å². The average Bonchev–Trinajstić information content (AvgIpc) is 2.66. The Morgan fingerprint density at radius 2 is 1.67 bits per heavy atom. The van der Waals surface area contributed by atoms with E-state index in [1.165, 1.54) is 12.1 Å². The number of rotatable bonds is 1. The molecular weight excluding hydrogens is 240 g/mol. The van der Waals surface area contributed by atoms with Crippen LogP contribution >= 0.6 is 0 Å². The molecule has 1 heterocycles. The Morgan fingerprint density at radius 1 is 0.944 bits per heavy atom. The Kier molecular flexibility index (Phi) is 2.26. The molecule has 0 saturated heterocycles. The van der Waals surface area contributed by atoms with Crippen LogP contribution in [-0.4, -0.2) is 4.98 Å². The molecule has 18 heavy (non-hydrogen) atoms. The zero-order chi connectivity index (χ0) is 12.7. The zero-order valence-electron chi connectivity index (χ0n) is 9.04. The van der Waals surface area contributed by atoms with Gasteiger partial charge in [-0.1, -0.05) is 6.07 Å². The summed E-state index contributed by atoms with van der Waals surface area (Å²) in [6.07, 6.45) is 0. The van der Waals surface area contributed by atoms with Crippen molar-refractivity contribution < 1.29 is 13.2 Å². The standard InChI is InChI=1S/C13H7F2NO2/c14-9-3-8(4-10(15)6-9)7-1-2-11-12(5-7)18-13(17)16-11/h1-6H,(H,16,17). The third-order valence-electron chi connectivity index (χ3n) is 2.62. The highest BCUT2D eigenvalue weighted by Crippen LogP contribution is 2.24. The first-order valence-corrected chi connectivity index (χ1v) is 5.21. The normalized spacial score (nSPS) is 11.0. The van der Waals surface area contributed by atoms with Crippen LogP contribution in [0.4, 0.5) is 8.78 Å². The van der Waals surface area contributed by atoms with E-state index in [0.29, 0.717) is 22.2 Å². The molecule has 90 valence electrons. The second-order valence-corrected chi connectivity index (χ2v) is 3.88. The SMILES string of the molecule is O=c1[nH]c2ccc(-c3cc(F)cc(F)c3)cc2o1. The fourth-order valence-electron chi connectivity index (χ4n) is 1.85. The van der Waals surface area contributed by atoms with Crippen LogP contribution in [0.2, 0.25) is 0 Å². The molecule has 0 aliphatic heterocycles. The van der Waals surface area contributed by atoms with E-state index >= 15 is 0 Å². The summed E-state index contributed by atoms with van der Waals surface area (Å²) in [4.78, 5) is 13.5. The van der Waals surface area contributed by atoms with E-state index in [0.717, 1.165) is 6.07 Å². The Bertz CT molecular complexity index is 769. The number of H-pyrrole nitrogens is 1.